The second-order valence-corrected chi connectivity index (χ2v) is 7.34. The molecule has 0 aliphatic heterocycles. The fraction of sp³-hybridized carbons (Fsp3) is 0.312. The molecule has 3 rings (SSSR count). The van der Waals surface area contributed by atoms with Crippen LogP contribution in [0.15, 0.2) is 21.6 Å². The molecule has 1 atom stereocenters. The van der Waals surface area contributed by atoms with Gasteiger partial charge in [-0.3, -0.25) is 9.59 Å². The van der Waals surface area contributed by atoms with Crippen LogP contribution in [0.3, 0.4) is 0 Å². The molecule has 0 aliphatic rings. The summed E-state index contributed by atoms with van der Waals surface area (Å²) < 4.78 is 5.39. The lowest BCUT2D eigenvalue weighted by atomic mass is 10.2. The number of ether oxygens (including phenoxy) is 1. The quantitative estimate of drug-likeness (QED) is 0.732. The molecule has 0 radical (unpaired) electrons. The average molecular weight is 348 g/mol. The Labute approximate surface area is 141 Å². The standard InChI is InChI=1S/C16H16N2O3S2/c1-8-10(3)23-16-13(8)15(20)17-14(18-16)9(2)21-12(19)6-11-4-5-22-7-11/h4-5,7,9H,6H2,1-3H3,(H,17,18,20)/t9-/m0/s1. The van der Waals surface area contributed by atoms with Gasteiger partial charge in [-0.15, -0.1) is 11.3 Å². The normalized spacial score (nSPS) is 12.5. The van der Waals surface area contributed by atoms with Crippen molar-refractivity contribution in [3.05, 3.63) is 49.0 Å². The number of nitrogens with zero attached hydrogens (tertiary/aromatic N) is 1. The monoisotopic (exact) mass is 348 g/mol. The highest BCUT2D eigenvalue weighted by molar-refractivity contribution is 7.18. The first kappa shape index (κ1) is 15.9. The highest BCUT2D eigenvalue weighted by Crippen LogP contribution is 2.27. The van der Waals surface area contributed by atoms with Crippen LogP contribution in [0, 0.1) is 13.8 Å². The number of thiophene rings is 2. The maximum atomic E-state index is 12.3. The number of aromatic amines is 1. The lowest BCUT2D eigenvalue weighted by molar-refractivity contribution is -0.148. The van der Waals surface area contributed by atoms with Gasteiger partial charge in [0, 0.05) is 4.88 Å². The summed E-state index contributed by atoms with van der Waals surface area (Å²) in [5, 5.41) is 4.45. The molecule has 7 heteroatoms. The van der Waals surface area contributed by atoms with Crippen molar-refractivity contribution in [3.63, 3.8) is 0 Å². The summed E-state index contributed by atoms with van der Waals surface area (Å²) >= 11 is 3.01. The van der Waals surface area contributed by atoms with Gasteiger partial charge < -0.3 is 9.72 Å². The highest BCUT2D eigenvalue weighted by Gasteiger charge is 2.18. The Balaban J connectivity index is 1.82. The van der Waals surface area contributed by atoms with Crippen LogP contribution in [0.5, 0.6) is 0 Å². The summed E-state index contributed by atoms with van der Waals surface area (Å²) in [6.45, 7) is 5.59. The number of H-pyrrole nitrogens is 1. The van der Waals surface area contributed by atoms with E-state index in [4.69, 9.17) is 4.74 Å². The van der Waals surface area contributed by atoms with E-state index in [9.17, 15) is 9.59 Å². The summed E-state index contributed by atoms with van der Waals surface area (Å²) in [6, 6.07) is 1.89. The van der Waals surface area contributed by atoms with Crippen molar-refractivity contribution in [3.8, 4) is 0 Å². The Hall–Kier alpha value is -1.99. The molecule has 3 aromatic rings. The van der Waals surface area contributed by atoms with Crippen molar-refractivity contribution < 1.29 is 9.53 Å². The molecule has 0 spiro atoms. The van der Waals surface area contributed by atoms with E-state index in [1.165, 1.54) is 22.7 Å². The number of carbonyl (C=O) groups is 1. The molecule has 3 heterocycles. The third kappa shape index (κ3) is 3.20. The zero-order valence-corrected chi connectivity index (χ0v) is 14.6. The Morgan fingerprint density at radius 2 is 2.22 bits per heavy atom. The third-order valence-electron chi connectivity index (χ3n) is 3.68. The smallest absolute Gasteiger partial charge is 0.310 e. The van der Waals surface area contributed by atoms with Gasteiger partial charge in [0.1, 0.15) is 4.83 Å². The van der Waals surface area contributed by atoms with E-state index in [0.29, 0.717) is 16.0 Å². The zero-order chi connectivity index (χ0) is 16.6. The molecule has 5 nitrogen and oxygen atoms in total. The van der Waals surface area contributed by atoms with E-state index in [2.05, 4.69) is 9.97 Å². The van der Waals surface area contributed by atoms with Gasteiger partial charge in [0.25, 0.3) is 5.56 Å². The number of fused-ring (bicyclic) bond motifs is 1. The molecule has 120 valence electrons. The summed E-state index contributed by atoms with van der Waals surface area (Å²) in [5.74, 6) is 0.0413. The van der Waals surface area contributed by atoms with E-state index in [-0.39, 0.29) is 17.9 Å². The Kier molecular flexibility index (Phi) is 4.32. The molecule has 0 aromatic carbocycles. The Bertz CT molecular complexity index is 909. The molecule has 0 aliphatic carbocycles. The van der Waals surface area contributed by atoms with Gasteiger partial charge in [-0.1, -0.05) is 0 Å². The number of carbonyl (C=O) groups excluding carboxylic acids is 1. The SMILES string of the molecule is Cc1sc2nc([C@H](C)OC(=O)Cc3ccsc3)[nH]c(=O)c2c1C. The van der Waals surface area contributed by atoms with Gasteiger partial charge in [-0.2, -0.15) is 11.3 Å². The van der Waals surface area contributed by atoms with E-state index in [1.807, 2.05) is 30.7 Å². The summed E-state index contributed by atoms with van der Waals surface area (Å²) in [7, 11) is 0. The molecule has 23 heavy (non-hydrogen) atoms. The Morgan fingerprint density at radius 3 is 2.91 bits per heavy atom. The van der Waals surface area contributed by atoms with E-state index in [0.717, 1.165) is 16.0 Å². The molecule has 0 bridgehead atoms. The number of aryl methyl sites for hydroxylation is 2. The van der Waals surface area contributed by atoms with Crippen LogP contribution in [-0.2, 0) is 16.0 Å². The highest BCUT2D eigenvalue weighted by atomic mass is 32.1. The number of esters is 1. The second-order valence-electron chi connectivity index (χ2n) is 5.36. The van der Waals surface area contributed by atoms with Gasteiger partial charge in [-0.25, -0.2) is 4.98 Å². The van der Waals surface area contributed by atoms with Crippen molar-refractivity contribution in [2.75, 3.05) is 0 Å². The van der Waals surface area contributed by atoms with Crippen LogP contribution in [0.1, 0.15) is 34.9 Å². The summed E-state index contributed by atoms with van der Waals surface area (Å²) in [4.78, 5) is 33.2. The number of hydrogen-bond acceptors (Lipinski definition) is 6. The maximum Gasteiger partial charge on any atom is 0.310 e. The van der Waals surface area contributed by atoms with Gasteiger partial charge in [0.15, 0.2) is 11.9 Å². The molecule has 0 amide bonds. The lowest BCUT2D eigenvalue weighted by Gasteiger charge is -2.12. The van der Waals surface area contributed by atoms with E-state index in [1.54, 1.807) is 6.92 Å². The van der Waals surface area contributed by atoms with Crippen LogP contribution in [-0.4, -0.2) is 15.9 Å². The lowest BCUT2D eigenvalue weighted by Crippen LogP contribution is -2.18. The fourth-order valence-corrected chi connectivity index (χ4v) is 4.02. The van der Waals surface area contributed by atoms with Crippen LogP contribution in [0.25, 0.3) is 10.2 Å². The van der Waals surface area contributed by atoms with Crippen LogP contribution in [0.2, 0.25) is 0 Å². The molecule has 3 aromatic heterocycles. The summed E-state index contributed by atoms with van der Waals surface area (Å²) in [6.07, 6.45) is -0.377. The van der Waals surface area contributed by atoms with E-state index < -0.39 is 6.10 Å². The van der Waals surface area contributed by atoms with Crippen molar-refractivity contribution in [2.24, 2.45) is 0 Å². The predicted molar refractivity (Wildman–Crippen MR) is 92.2 cm³/mol. The van der Waals surface area contributed by atoms with Crippen molar-refractivity contribution in [2.45, 2.75) is 33.3 Å². The Morgan fingerprint density at radius 1 is 1.43 bits per heavy atom. The number of nitrogens with one attached hydrogen (secondary N) is 1. The van der Waals surface area contributed by atoms with Gasteiger partial charge >= 0.3 is 5.97 Å². The van der Waals surface area contributed by atoms with Gasteiger partial charge in [0.05, 0.1) is 11.8 Å². The first-order valence-corrected chi connectivity index (χ1v) is 8.92. The number of hydrogen-bond donors (Lipinski definition) is 1. The summed E-state index contributed by atoms with van der Waals surface area (Å²) in [5.41, 5.74) is 1.69. The van der Waals surface area contributed by atoms with Crippen LogP contribution >= 0.6 is 22.7 Å². The zero-order valence-electron chi connectivity index (χ0n) is 13.0. The molecule has 0 unspecified atom stereocenters. The molecule has 0 saturated heterocycles. The molecule has 0 saturated carbocycles. The van der Waals surface area contributed by atoms with Crippen molar-refractivity contribution in [1.82, 2.24) is 9.97 Å². The number of aromatic nitrogens is 2. The van der Waals surface area contributed by atoms with Gasteiger partial charge in [-0.05, 0) is 48.7 Å². The molecule has 0 fully saturated rings. The van der Waals surface area contributed by atoms with Gasteiger partial charge in [0.2, 0.25) is 0 Å². The molecule has 1 N–H and O–H groups in total. The topological polar surface area (TPSA) is 72.0 Å². The first-order chi connectivity index (χ1) is 11.0. The molecular formula is C16H16N2O3S2. The first-order valence-electron chi connectivity index (χ1n) is 7.16. The van der Waals surface area contributed by atoms with Crippen LogP contribution in [0.4, 0.5) is 0 Å². The maximum absolute atomic E-state index is 12.3. The van der Waals surface area contributed by atoms with Crippen LogP contribution < -0.4 is 5.56 Å². The average Bonchev–Trinajstić information content (AvgIpc) is 3.07. The minimum atomic E-state index is -0.596. The van der Waals surface area contributed by atoms with Crippen molar-refractivity contribution in [1.29, 1.82) is 0 Å². The minimum Gasteiger partial charge on any atom is -0.454 e. The predicted octanol–water partition coefficient (Wildman–Crippen LogP) is 3.51. The van der Waals surface area contributed by atoms with Crippen molar-refractivity contribution >= 4 is 38.9 Å². The van der Waals surface area contributed by atoms with E-state index >= 15 is 0 Å². The minimum absolute atomic E-state index is 0.187. The number of rotatable bonds is 4. The second kappa shape index (κ2) is 6.25. The largest absolute Gasteiger partial charge is 0.454 e. The third-order valence-corrected chi connectivity index (χ3v) is 5.51. The fourth-order valence-electron chi connectivity index (χ4n) is 2.32. The molecular weight excluding hydrogens is 332 g/mol.